The third kappa shape index (κ3) is 10.3. The van der Waals surface area contributed by atoms with E-state index in [-0.39, 0.29) is 20.1 Å². The van der Waals surface area contributed by atoms with Gasteiger partial charge in [-0.2, -0.15) is 0 Å². The molecule has 0 fully saturated rings. The van der Waals surface area contributed by atoms with Gasteiger partial charge in [-0.1, -0.05) is 86.9 Å². The Kier molecular flexibility index (Phi) is 13.4. The molecular formula is C47H44IrN3OSi. The molecule has 8 rings (SSSR count). The minimum absolute atomic E-state index is 0. The Labute approximate surface area is 328 Å². The van der Waals surface area contributed by atoms with E-state index in [1.807, 2.05) is 91.0 Å². The molecule has 0 N–H and O–H groups in total. The van der Waals surface area contributed by atoms with Crippen LogP contribution in [0, 0.1) is 31.0 Å². The number of pyridine rings is 3. The molecule has 0 unspecified atom stereocenters. The van der Waals surface area contributed by atoms with Gasteiger partial charge < -0.3 is 19.4 Å². The number of aryl methyl sites for hydroxylation is 1. The van der Waals surface area contributed by atoms with Crippen molar-refractivity contribution in [1.82, 2.24) is 15.0 Å². The number of benzene rings is 4. The van der Waals surface area contributed by atoms with E-state index in [2.05, 4.69) is 105 Å². The average molecular weight is 887 g/mol. The molecule has 0 atom stereocenters. The van der Waals surface area contributed by atoms with Crippen molar-refractivity contribution in [2.45, 2.75) is 46.8 Å². The Morgan fingerprint density at radius 1 is 0.623 bits per heavy atom. The van der Waals surface area contributed by atoms with Crippen LogP contribution in [0.2, 0.25) is 19.6 Å². The third-order valence-electron chi connectivity index (χ3n) is 8.56. The molecule has 0 saturated carbocycles. The van der Waals surface area contributed by atoms with E-state index in [4.69, 9.17) is 9.40 Å². The largest absolute Gasteiger partial charge is 3.00 e. The summed E-state index contributed by atoms with van der Waals surface area (Å²) in [5.74, 6) is 0.623. The van der Waals surface area contributed by atoms with E-state index >= 15 is 0 Å². The Hall–Kier alpha value is -5.00. The fourth-order valence-corrected chi connectivity index (χ4v) is 7.64. The van der Waals surface area contributed by atoms with E-state index in [9.17, 15) is 0 Å². The SMILES string of the molecule is Cc1ccc2c(c1)oc1c[c-]c(-c3cc(CC(C)C)c([Si](C)(C)C)cn3)cc12.[Ir+3].[c-]1ccccc1-c1ccccn1.[c-]1ccccc1-c1ccccn1. The first-order valence-corrected chi connectivity index (χ1v) is 21.3. The summed E-state index contributed by atoms with van der Waals surface area (Å²) in [6.45, 7) is 13.8. The summed E-state index contributed by atoms with van der Waals surface area (Å²) in [4.78, 5) is 13.3. The Morgan fingerprint density at radius 2 is 1.25 bits per heavy atom. The Morgan fingerprint density at radius 3 is 1.77 bits per heavy atom. The van der Waals surface area contributed by atoms with Crippen LogP contribution in [0.25, 0.3) is 55.7 Å². The second kappa shape index (κ2) is 18.2. The van der Waals surface area contributed by atoms with Gasteiger partial charge in [0.25, 0.3) is 0 Å². The Balaban J connectivity index is 0.000000178. The molecule has 53 heavy (non-hydrogen) atoms. The van der Waals surface area contributed by atoms with Gasteiger partial charge in [0.2, 0.25) is 0 Å². The molecule has 0 aliphatic rings. The van der Waals surface area contributed by atoms with Crippen molar-refractivity contribution in [3.63, 3.8) is 0 Å². The zero-order valence-corrected chi connectivity index (χ0v) is 34.5. The second-order valence-corrected chi connectivity index (χ2v) is 19.3. The molecule has 0 spiro atoms. The average Bonchev–Trinajstić information content (AvgIpc) is 3.53. The van der Waals surface area contributed by atoms with Gasteiger partial charge in [-0.3, -0.25) is 0 Å². The summed E-state index contributed by atoms with van der Waals surface area (Å²) in [6, 6.07) is 49.8. The van der Waals surface area contributed by atoms with Crippen LogP contribution in [0.5, 0.6) is 0 Å². The van der Waals surface area contributed by atoms with Crippen molar-refractivity contribution in [1.29, 1.82) is 0 Å². The van der Waals surface area contributed by atoms with Gasteiger partial charge in [0.05, 0.1) is 13.7 Å². The van der Waals surface area contributed by atoms with E-state index in [1.54, 1.807) is 12.4 Å². The topological polar surface area (TPSA) is 51.8 Å². The van der Waals surface area contributed by atoms with Crippen molar-refractivity contribution in [3.05, 3.63) is 169 Å². The van der Waals surface area contributed by atoms with Gasteiger partial charge in [-0.25, -0.2) is 0 Å². The molecule has 4 aromatic heterocycles. The zero-order valence-electron chi connectivity index (χ0n) is 31.1. The minimum atomic E-state index is -1.43. The molecule has 0 saturated heterocycles. The number of nitrogens with zero attached hydrogens (tertiary/aromatic N) is 3. The van der Waals surface area contributed by atoms with Crippen LogP contribution in [0.4, 0.5) is 0 Å². The molecule has 0 aliphatic carbocycles. The van der Waals surface area contributed by atoms with Crippen molar-refractivity contribution in [2.24, 2.45) is 5.92 Å². The van der Waals surface area contributed by atoms with E-state index in [1.165, 1.54) is 16.3 Å². The van der Waals surface area contributed by atoms with E-state index < -0.39 is 8.07 Å². The maximum Gasteiger partial charge on any atom is 3.00 e. The minimum Gasteiger partial charge on any atom is -0.500 e. The number of aromatic nitrogens is 3. The van der Waals surface area contributed by atoms with Gasteiger partial charge in [-0.05, 0) is 65.3 Å². The van der Waals surface area contributed by atoms with Crippen LogP contribution in [0.3, 0.4) is 0 Å². The zero-order chi connectivity index (χ0) is 36.5. The van der Waals surface area contributed by atoms with Crippen LogP contribution in [-0.4, -0.2) is 23.0 Å². The van der Waals surface area contributed by atoms with Crippen LogP contribution in [0.15, 0.2) is 144 Å². The number of furan rings is 1. The second-order valence-electron chi connectivity index (χ2n) is 14.3. The van der Waals surface area contributed by atoms with Crippen LogP contribution in [0.1, 0.15) is 25.0 Å². The predicted molar refractivity (Wildman–Crippen MR) is 219 cm³/mol. The van der Waals surface area contributed by atoms with E-state index in [0.29, 0.717) is 5.92 Å². The molecule has 0 amide bonds. The summed E-state index contributed by atoms with van der Waals surface area (Å²) in [5, 5.41) is 3.75. The first-order valence-electron chi connectivity index (χ1n) is 17.8. The quantitative estimate of drug-likeness (QED) is 0.123. The van der Waals surface area contributed by atoms with Crippen LogP contribution in [-0.2, 0) is 26.5 Å². The normalized spacial score (nSPS) is 10.9. The molecule has 266 valence electrons. The maximum absolute atomic E-state index is 6.02. The number of hydrogen-bond donors (Lipinski definition) is 0. The summed E-state index contributed by atoms with van der Waals surface area (Å²) in [7, 11) is -1.43. The van der Waals surface area contributed by atoms with Gasteiger partial charge >= 0.3 is 20.1 Å². The standard InChI is InChI=1S/C25H28NOSi.2C11H8N.Ir/c1-16(2)11-19-14-22(26-15-25(19)28(4,5)6)18-8-10-23-21(13-18)20-9-7-17(3)12-24(20)27-23;2*1-2-6-10(7-3-1)11-8-4-5-9-12-11;/h7,9-10,12-16H,11H2,1-6H3;2*1-6,8-9H;/q3*-1;+3. The number of fused-ring (bicyclic) bond motifs is 3. The van der Waals surface area contributed by atoms with Gasteiger partial charge in [0.1, 0.15) is 5.58 Å². The number of rotatable bonds is 6. The molecule has 0 bridgehead atoms. The van der Waals surface area contributed by atoms with Gasteiger partial charge in [0, 0.05) is 24.0 Å². The van der Waals surface area contributed by atoms with E-state index in [0.717, 1.165) is 62.1 Å². The molecule has 4 nitrogen and oxygen atoms in total. The van der Waals surface area contributed by atoms with Crippen molar-refractivity contribution in [3.8, 4) is 33.8 Å². The molecule has 4 heterocycles. The van der Waals surface area contributed by atoms with Crippen LogP contribution < -0.4 is 5.19 Å². The molecule has 4 aromatic carbocycles. The Bertz CT molecular complexity index is 2190. The first-order chi connectivity index (χ1) is 25.2. The summed E-state index contributed by atoms with van der Waals surface area (Å²) >= 11 is 0. The molecule has 6 heteroatoms. The smallest absolute Gasteiger partial charge is 0.500 e. The van der Waals surface area contributed by atoms with Gasteiger partial charge in [0.15, 0.2) is 0 Å². The maximum atomic E-state index is 6.02. The van der Waals surface area contributed by atoms with Crippen LogP contribution >= 0.6 is 0 Å². The van der Waals surface area contributed by atoms with Crippen molar-refractivity contribution < 1.29 is 24.5 Å². The fourth-order valence-electron chi connectivity index (χ4n) is 6.05. The van der Waals surface area contributed by atoms with Crippen molar-refractivity contribution >= 4 is 35.2 Å². The van der Waals surface area contributed by atoms with Crippen molar-refractivity contribution in [2.75, 3.05) is 0 Å². The first kappa shape index (κ1) is 39.2. The third-order valence-corrected chi connectivity index (χ3v) is 10.6. The van der Waals surface area contributed by atoms with Gasteiger partial charge in [-0.15, -0.1) is 95.6 Å². The monoisotopic (exact) mass is 887 g/mol. The number of hydrogen-bond acceptors (Lipinski definition) is 4. The molecule has 0 aliphatic heterocycles. The summed E-state index contributed by atoms with van der Waals surface area (Å²) in [5.41, 5.74) is 10.5. The fraction of sp³-hybridized carbons (Fsp3) is 0.170. The summed E-state index contributed by atoms with van der Waals surface area (Å²) in [6.07, 6.45) is 6.78. The summed E-state index contributed by atoms with van der Waals surface area (Å²) < 4.78 is 6.02. The molecular weight excluding hydrogens is 843 g/mol. The molecule has 0 radical (unpaired) electrons. The predicted octanol–water partition coefficient (Wildman–Crippen LogP) is 11.6. The molecule has 8 aromatic rings.